The molecule has 1 aliphatic rings. The van der Waals surface area contributed by atoms with Gasteiger partial charge in [0.2, 0.25) is 5.82 Å². The molecule has 9 nitrogen and oxygen atoms in total. The van der Waals surface area contributed by atoms with E-state index in [4.69, 9.17) is 16.0 Å². The maximum atomic E-state index is 13.6. The van der Waals surface area contributed by atoms with E-state index < -0.39 is 0 Å². The van der Waals surface area contributed by atoms with Crippen LogP contribution in [0.15, 0.2) is 97.5 Å². The molecule has 236 valence electrons. The lowest BCUT2D eigenvalue weighted by Gasteiger charge is -2.32. The Balaban J connectivity index is 0.00000190. The smallest absolute Gasteiger partial charge is 0.234 e. The lowest BCUT2D eigenvalue weighted by molar-refractivity contribution is 0.211. The SMILES string of the molecule is CC.N#Cc1nccc(NC2CCN(Cc3ccc(-c4c(-c5cccnc5N)nc5ccc(-c6ccc(F)cc6)cn45)cc3)CC2)n1. The van der Waals surface area contributed by atoms with Gasteiger partial charge in [0.25, 0.3) is 0 Å². The number of nitrogens with zero attached hydrogens (tertiary/aromatic N) is 7. The third-order valence-corrected chi connectivity index (χ3v) is 8.22. The molecule has 0 spiro atoms. The number of nitrogens with one attached hydrogen (secondary N) is 1. The summed E-state index contributed by atoms with van der Waals surface area (Å²) in [6.07, 6.45) is 7.29. The minimum absolute atomic E-state index is 0.175. The summed E-state index contributed by atoms with van der Waals surface area (Å²) < 4.78 is 15.7. The Bertz CT molecular complexity index is 2010. The highest BCUT2D eigenvalue weighted by Crippen LogP contribution is 2.36. The summed E-state index contributed by atoms with van der Waals surface area (Å²) in [5, 5.41) is 12.5. The fraction of sp³-hybridized carbons (Fsp3) is 0.216. The monoisotopic (exact) mass is 625 g/mol. The molecule has 0 radical (unpaired) electrons. The second kappa shape index (κ2) is 14.2. The molecule has 2 aromatic carbocycles. The van der Waals surface area contributed by atoms with Crippen LogP contribution >= 0.6 is 0 Å². The van der Waals surface area contributed by atoms with E-state index in [0.717, 1.165) is 71.8 Å². The normalized spacial score (nSPS) is 13.5. The van der Waals surface area contributed by atoms with Crippen LogP contribution in [0.3, 0.4) is 0 Å². The minimum Gasteiger partial charge on any atom is -0.383 e. The summed E-state index contributed by atoms with van der Waals surface area (Å²) in [6, 6.07) is 27.0. The Morgan fingerprint density at radius 2 is 1.60 bits per heavy atom. The zero-order chi connectivity index (χ0) is 32.8. The summed E-state index contributed by atoms with van der Waals surface area (Å²) in [4.78, 5) is 19.9. The number of piperidine rings is 1. The Hall–Kier alpha value is -5.66. The van der Waals surface area contributed by atoms with Gasteiger partial charge in [0.1, 0.15) is 34.9 Å². The van der Waals surface area contributed by atoms with Crippen LogP contribution in [-0.4, -0.2) is 48.4 Å². The van der Waals surface area contributed by atoms with Gasteiger partial charge in [-0.3, -0.25) is 9.30 Å². The number of hydrogen-bond donors (Lipinski definition) is 2. The number of aromatic nitrogens is 5. The Labute approximate surface area is 273 Å². The number of rotatable bonds is 7. The van der Waals surface area contributed by atoms with Gasteiger partial charge in [-0.05, 0) is 72.0 Å². The predicted molar refractivity (Wildman–Crippen MR) is 184 cm³/mol. The average molecular weight is 626 g/mol. The molecule has 0 amide bonds. The molecule has 1 aliphatic heterocycles. The van der Waals surface area contributed by atoms with Crippen molar-refractivity contribution in [2.45, 2.75) is 39.3 Å². The maximum absolute atomic E-state index is 13.6. The molecule has 0 saturated carbocycles. The molecule has 3 N–H and O–H groups in total. The van der Waals surface area contributed by atoms with Crippen molar-refractivity contribution in [3.8, 4) is 39.7 Å². The van der Waals surface area contributed by atoms with E-state index >= 15 is 0 Å². The van der Waals surface area contributed by atoms with Crippen molar-refractivity contribution in [3.63, 3.8) is 0 Å². The number of nitriles is 1. The molecular formula is C37H36FN9. The molecule has 10 heteroatoms. The molecule has 4 aromatic heterocycles. The quantitative estimate of drug-likeness (QED) is 0.191. The van der Waals surface area contributed by atoms with Crippen LogP contribution in [0, 0.1) is 17.1 Å². The van der Waals surface area contributed by atoms with Crippen molar-refractivity contribution < 1.29 is 4.39 Å². The van der Waals surface area contributed by atoms with Gasteiger partial charge in [-0.15, -0.1) is 0 Å². The van der Waals surface area contributed by atoms with Gasteiger partial charge in [0, 0.05) is 55.4 Å². The van der Waals surface area contributed by atoms with Gasteiger partial charge in [-0.1, -0.05) is 50.2 Å². The van der Waals surface area contributed by atoms with Gasteiger partial charge in [0.15, 0.2) is 0 Å². The van der Waals surface area contributed by atoms with Crippen molar-refractivity contribution in [3.05, 3.63) is 115 Å². The highest BCUT2D eigenvalue weighted by molar-refractivity contribution is 5.86. The van der Waals surface area contributed by atoms with Crippen molar-refractivity contribution in [2.24, 2.45) is 0 Å². The van der Waals surface area contributed by atoms with E-state index in [2.05, 4.69) is 53.8 Å². The molecule has 0 atom stereocenters. The van der Waals surface area contributed by atoms with Gasteiger partial charge >= 0.3 is 0 Å². The lowest BCUT2D eigenvalue weighted by Crippen LogP contribution is -2.38. The van der Waals surface area contributed by atoms with E-state index in [1.165, 1.54) is 17.7 Å². The summed E-state index contributed by atoms with van der Waals surface area (Å²) >= 11 is 0. The number of likely N-dealkylation sites (tertiary alicyclic amines) is 1. The summed E-state index contributed by atoms with van der Waals surface area (Å²) in [5.74, 6) is 1.02. The van der Waals surface area contributed by atoms with Crippen LogP contribution in [0.2, 0.25) is 0 Å². The summed E-state index contributed by atoms with van der Waals surface area (Å²) in [7, 11) is 0. The first kappa shape index (κ1) is 31.3. The Morgan fingerprint density at radius 3 is 2.32 bits per heavy atom. The minimum atomic E-state index is -0.268. The number of nitrogens with two attached hydrogens (primary N) is 1. The topological polar surface area (TPSA) is 121 Å². The second-order valence-corrected chi connectivity index (χ2v) is 11.2. The molecule has 0 aliphatic carbocycles. The zero-order valence-electron chi connectivity index (χ0n) is 26.4. The van der Waals surface area contributed by atoms with Crippen molar-refractivity contribution in [1.29, 1.82) is 5.26 Å². The van der Waals surface area contributed by atoms with Crippen LogP contribution in [0.1, 0.15) is 38.1 Å². The van der Waals surface area contributed by atoms with E-state index in [1.54, 1.807) is 30.6 Å². The van der Waals surface area contributed by atoms with E-state index in [1.807, 2.05) is 50.4 Å². The number of anilines is 2. The molecule has 5 heterocycles. The number of benzene rings is 2. The summed E-state index contributed by atoms with van der Waals surface area (Å²) in [6.45, 7) is 6.77. The van der Waals surface area contributed by atoms with E-state index in [-0.39, 0.29) is 11.6 Å². The van der Waals surface area contributed by atoms with Crippen LogP contribution in [0.25, 0.3) is 39.3 Å². The number of halogens is 1. The van der Waals surface area contributed by atoms with Crippen LogP contribution in [0.5, 0.6) is 0 Å². The first-order valence-electron chi connectivity index (χ1n) is 15.8. The molecule has 1 saturated heterocycles. The molecular weight excluding hydrogens is 589 g/mol. The average Bonchev–Trinajstić information content (AvgIpc) is 3.49. The van der Waals surface area contributed by atoms with Crippen LogP contribution in [0.4, 0.5) is 16.0 Å². The highest BCUT2D eigenvalue weighted by Gasteiger charge is 2.21. The maximum Gasteiger partial charge on any atom is 0.234 e. The predicted octanol–water partition coefficient (Wildman–Crippen LogP) is 7.22. The molecule has 0 bridgehead atoms. The summed E-state index contributed by atoms with van der Waals surface area (Å²) in [5.41, 5.74) is 13.6. The van der Waals surface area contributed by atoms with Crippen molar-refractivity contribution in [1.82, 2.24) is 29.2 Å². The van der Waals surface area contributed by atoms with E-state index in [9.17, 15) is 4.39 Å². The van der Waals surface area contributed by atoms with Gasteiger partial charge in [-0.2, -0.15) is 5.26 Å². The Morgan fingerprint density at radius 1 is 0.872 bits per heavy atom. The van der Waals surface area contributed by atoms with Gasteiger partial charge in [-0.25, -0.2) is 24.3 Å². The molecule has 47 heavy (non-hydrogen) atoms. The van der Waals surface area contributed by atoms with Crippen molar-refractivity contribution in [2.75, 3.05) is 24.1 Å². The van der Waals surface area contributed by atoms with E-state index in [0.29, 0.717) is 17.7 Å². The number of nitrogen functional groups attached to an aromatic ring is 1. The van der Waals surface area contributed by atoms with Crippen LogP contribution < -0.4 is 11.1 Å². The zero-order valence-corrected chi connectivity index (χ0v) is 26.4. The molecule has 0 unspecified atom stereocenters. The first-order valence-corrected chi connectivity index (χ1v) is 15.8. The fourth-order valence-electron chi connectivity index (χ4n) is 5.90. The highest BCUT2D eigenvalue weighted by atomic mass is 19.1. The second-order valence-electron chi connectivity index (χ2n) is 11.2. The number of fused-ring (bicyclic) bond motifs is 1. The van der Waals surface area contributed by atoms with Gasteiger partial charge in [0.05, 0.1) is 5.69 Å². The molecule has 1 fully saturated rings. The first-order chi connectivity index (χ1) is 23.0. The van der Waals surface area contributed by atoms with Gasteiger partial charge < -0.3 is 11.1 Å². The molecule has 7 rings (SSSR count). The van der Waals surface area contributed by atoms with Crippen molar-refractivity contribution >= 4 is 17.3 Å². The Kier molecular flexibility index (Phi) is 9.46. The number of pyridine rings is 2. The van der Waals surface area contributed by atoms with Crippen LogP contribution in [-0.2, 0) is 6.54 Å². The number of imidazole rings is 1. The molecule has 6 aromatic rings. The fourth-order valence-corrected chi connectivity index (χ4v) is 5.90. The third kappa shape index (κ3) is 6.95. The standard InChI is InChI=1S/C35H30FN9.C2H6/c36-27-10-7-24(8-11-27)26-9-12-32-43-33(29-2-1-16-40-35(29)38)34(45(32)22-26)25-5-3-23(4-6-25)21-44-18-14-28(15-19-44)41-30-13-17-39-31(20-37)42-30;1-2/h1-13,16-17,22,28H,14-15,18-19,21H2,(H2,38,40)(H,39,41,42);1-2H3. The third-order valence-electron chi connectivity index (χ3n) is 8.22. The largest absolute Gasteiger partial charge is 0.383 e. The lowest BCUT2D eigenvalue weighted by atomic mass is 10.0. The number of hydrogen-bond acceptors (Lipinski definition) is 8.